The third-order valence-electron chi connectivity index (χ3n) is 3.27. The first-order chi connectivity index (χ1) is 7.52. The normalized spacial score (nSPS) is 25.9. The van der Waals surface area contributed by atoms with Crippen molar-refractivity contribution in [3.8, 4) is 0 Å². The summed E-state index contributed by atoms with van der Waals surface area (Å²) in [6.45, 7) is 6.42. The highest BCUT2D eigenvalue weighted by atomic mass is 16.2. The Balaban J connectivity index is 2.59. The molecule has 1 aliphatic carbocycles. The summed E-state index contributed by atoms with van der Waals surface area (Å²) in [6, 6.07) is 0.0440. The van der Waals surface area contributed by atoms with Gasteiger partial charge in [0.2, 0.25) is 5.91 Å². The molecular weight excluding hydrogens is 200 g/mol. The molecule has 3 nitrogen and oxygen atoms in total. The van der Waals surface area contributed by atoms with Gasteiger partial charge in [0.25, 0.3) is 0 Å². The maximum absolute atomic E-state index is 12.2. The van der Waals surface area contributed by atoms with Crippen molar-refractivity contribution in [1.82, 2.24) is 4.90 Å². The van der Waals surface area contributed by atoms with Crippen LogP contribution in [-0.2, 0) is 4.79 Å². The zero-order valence-electron chi connectivity index (χ0n) is 10.5. The predicted octanol–water partition coefficient (Wildman–Crippen LogP) is 1.93. The van der Waals surface area contributed by atoms with Gasteiger partial charge in [0, 0.05) is 19.6 Å². The highest BCUT2D eigenvalue weighted by molar-refractivity contribution is 5.79. The molecule has 1 saturated carbocycles. The van der Waals surface area contributed by atoms with E-state index in [1.54, 1.807) is 4.90 Å². The van der Waals surface area contributed by atoms with E-state index in [4.69, 9.17) is 5.73 Å². The summed E-state index contributed by atoms with van der Waals surface area (Å²) < 4.78 is 0. The Labute approximate surface area is 98.7 Å². The van der Waals surface area contributed by atoms with E-state index >= 15 is 0 Å². The van der Waals surface area contributed by atoms with Crippen LogP contribution in [0.15, 0.2) is 12.2 Å². The summed E-state index contributed by atoms with van der Waals surface area (Å²) in [6.07, 6.45) is 5.43. The standard InChI is InChI=1S/C13H24N2O/c1-10(2)9-15(3)13(16)11-7-5-4-6-8-12(11)14/h11-12H,1,4-9,14H2,2-3H3. The number of amides is 1. The molecule has 92 valence electrons. The summed E-state index contributed by atoms with van der Waals surface area (Å²) in [4.78, 5) is 14.0. The van der Waals surface area contributed by atoms with Crippen LogP contribution in [0, 0.1) is 5.92 Å². The average molecular weight is 224 g/mol. The van der Waals surface area contributed by atoms with E-state index in [9.17, 15) is 4.79 Å². The number of nitrogens with zero attached hydrogens (tertiary/aromatic N) is 1. The van der Waals surface area contributed by atoms with Crippen molar-refractivity contribution in [3.05, 3.63) is 12.2 Å². The second kappa shape index (κ2) is 6.04. The number of likely N-dealkylation sites (N-methyl/N-ethyl adjacent to an activating group) is 1. The van der Waals surface area contributed by atoms with Crippen molar-refractivity contribution >= 4 is 5.91 Å². The summed E-state index contributed by atoms with van der Waals surface area (Å²) in [7, 11) is 1.84. The Morgan fingerprint density at radius 1 is 1.38 bits per heavy atom. The molecule has 2 atom stereocenters. The minimum Gasteiger partial charge on any atom is -0.341 e. The molecule has 1 rings (SSSR count). The largest absolute Gasteiger partial charge is 0.341 e. The van der Waals surface area contributed by atoms with E-state index < -0.39 is 0 Å². The van der Waals surface area contributed by atoms with E-state index in [2.05, 4.69) is 6.58 Å². The van der Waals surface area contributed by atoms with Gasteiger partial charge in [-0.2, -0.15) is 0 Å². The maximum atomic E-state index is 12.2. The molecule has 0 aliphatic heterocycles. The van der Waals surface area contributed by atoms with Crippen LogP contribution in [0.1, 0.15) is 39.0 Å². The van der Waals surface area contributed by atoms with Gasteiger partial charge in [0.1, 0.15) is 0 Å². The molecule has 0 spiro atoms. The molecule has 1 amide bonds. The molecule has 1 fully saturated rings. The molecule has 3 heteroatoms. The number of nitrogens with two attached hydrogens (primary N) is 1. The zero-order chi connectivity index (χ0) is 12.1. The fraction of sp³-hybridized carbons (Fsp3) is 0.769. The van der Waals surface area contributed by atoms with Gasteiger partial charge < -0.3 is 10.6 Å². The Morgan fingerprint density at radius 3 is 2.62 bits per heavy atom. The van der Waals surface area contributed by atoms with Crippen LogP contribution >= 0.6 is 0 Å². The fourth-order valence-electron chi connectivity index (χ4n) is 2.41. The van der Waals surface area contributed by atoms with Crippen LogP contribution in [0.2, 0.25) is 0 Å². The molecule has 2 unspecified atom stereocenters. The highest BCUT2D eigenvalue weighted by Gasteiger charge is 2.28. The monoisotopic (exact) mass is 224 g/mol. The number of carbonyl (C=O) groups is 1. The Hall–Kier alpha value is -0.830. The molecule has 2 N–H and O–H groups in total. The van der Waals surface area contributed by atoms with Crippen LogP contribution in [-0.4, -0.2) is 30.4 Å². The topological polar surface area (TPSA) is 46.3 Å². The van der Waals surface area contributed by atoms with E-state index in [0.29, 0.717) is 6.54 Å². The lowest BCUT2D eigenvalue weighted by molar-refractivity contribution is -0.134. The number of rotatable bonds is 3. The zero-order valence-corrected chi connectivity index (χ0v) is 10.5. The predicted molar refractivity (Wildman–Crippen MR) is 67.0 cm³/mol. The van der Waals surface area contributed by atoms with Gasteiger partial charge in [-0.15, -0.1) is 0 Å². The van der Waals surface area contributed by atoms with E-state index in [1.165, 1.54) is 6.42 Å². The van der Waals surface area contributed by atoms with Gasteiger partial charge in [-0.1, -0.05) is 31.4 Å². The molecular formula is C13H24N2O. The second-order valence-corrected chi connectivity index (χ2v) is 5.06. The summed E-state index contributed by atoms with van der Waals surface area (Å²) in [5.41, 5.74) is 7.09. The summed E-state index contributed by atoms with van der Waals surface area (Å²) >= 11 is 0. The van der Waals surface area contributed by atoms with Crippen molar-refractivity contribution < 1.29 is 4.79 Å². The third-order valence-corrected chi connectivity index (χ3v) is 3.27. The van der Waals surface area contributed by atoms with Gasteiger partial charge in [0.05, 0.1) is 5.92 Å². The first-order valence-electron chi connectivity index (χ1n) is 6.17. The van der Waals surface area contributed by atoms with Gasteiger partial charge in [-0.3, -0.25) is 4.79 Å². The molecule has 0 aromatic carbocycles. The SMILES string of the molecule is C=C(C)CN(C)C(=O)C1CCCCCC1N. The van der Waals surface area contributed by atoms with Crippen LogP contribution in [0.4, 0.5) is 0 Å². The Kier molecular flexibility index (Phi) is 5.00. The van der Waals surface area contributed by atoms with Gasteiger partial charge in [-0.25, -0.2) is 0 Å². The Bertz CT molecular complexity index is 263. The van der Waals surface area contributed by atoms with Crippen LogP contribution in [0.25, 0.3) is 0 Å². The highest BCUT2D eigenvalue weighted by Crippen LogP contribution is 2.23. The van der Waals surface area contributed by atoms with E-state index in [-0.39, 0.29) is 17.9 Å². The summed E-state index contributed by atoms with van der Waals surface area (Å²) in [5, 5.41) is 0. The number of hydrogen-bond donors (Lipinski definition) is 1. The smallest absolute Gasteiger partial charge is 0.227 e. The van der Waals surface area contributed by atoms with E-state index in [0.717, 1.165) is 31.3 Å². The molecule has 0 radical (unpaired) electrons. The minimum absolute atomic E-state index is 0.0202. The fourth-order valence-corrected chi connectivity index (χ4v) is 2.41. The summed E-state index contributed by atoms with van der Waals surface area (Å²) in [5.74, 6) is 0.212. The first kappa shape index (κ1) is 13.2. The second-order valence-electron chi connectivity index (χ2n) is 5.06. The van der Waals surface area contributed by atoms with Gasteiger partial charge in [-0.05, 0) is 19.8 Å². The van der Waals surface area contributed by atoms with E-state index in [1.807, 2.05) is 14.0 Å². The molecule has 1 aliphatic rings. The van der Waals surface area contributed by atoms with Crippen molar-refractivity contribution in [2.75, 3.05) is 13.6 Å². The number of carbonyl (C=O) groups excluding carboxylic acids is 1. The van der Waals surface area contributed by atoms with Crippen LogP contribution < -0.4 is 5.73 Å². The quantitative estimate of drug-likeness (QED) is 0.588. The van der Waals surface area contributed by atoms with Crippen LogP contribution in [0.3, 0.4) is 0 Å². The molecule has 0 saturated heterocycles. The maximum Gasteiger partial charge on any atom is 0.227 e. The molecule has 0 bridgehead atoms. The lowest BCUT2D eigenvalue weighted by atomic mass is 9.94. The van der Waals surface area contributed by atoms with Crippen molar-refractivity contribution in [3.63, 3.8) is 0 Å². The molecule has 16 heavy (non-hydrogen) atoms. The van der Waals surface area contributed by atoms with Crippen LogP contribution in [0.5, 0.6) is 0 Å². The lowest BCUT2D eigenvalue weighted by Crippen LogP contribution is -2.42. The first-order valence-corrected chi connectivity index (χ1v) is 6.17. The Morgan fingerprint density at radius 2 is 2.00 bits per heavy atom. The molecule has 0 heterocycles. The minimum atomic E-state index is 0.0202. The average Bonchev–Trinajstić information content (AvgIpc) is 2.40. The molecule has 0 aromatic rings. The van der Waals surface area contributed by atoms with Gasteiger partial charge >= 0.3 is 0 Å². The van der Waals surface area contributed by atoms with Crippen molar-refractivity contribution in [1.29, 1.82) is 0 Å². The third kappa shape index (κ3) is 3.63. The number of hydrogen-bond acceptors (Lipinski definition) is 2. The van der Waals surface area contributed by atoms with Crippen molar-refractivity contribution in [2.24, 2.45) is 11.7 Å². The molecule has 0 aromatic heterocycles. The van der Waals surface area contributed by atoms with Gasteiger partial charge in [0.15, 0.2) is 0 Å². The van der Waals surface area contributed by atoms with Crippen molar-refractivity contribution in [2.45, 2.75) is 45.1 Å². The lowest BCUT2D eigenvalue weighted by Gasteiger charge is -2.26.